The van der Waals surface area contributed by atoms with Gasteiger partial charge in [0.15, 0.2) is 0 Å². The quantitative estimate of drug-likeness (QED) is 0.274. The normalized spacial score (nSPS) is 13.7. The Hall–Kier alpha value is -3.94. The van der Waals surface area contributed by atoms with Crippen molar-refractivity contribution in [3.05, 3.63) is 71.4 Å². The third-order valence-corrected chi connectivity index (χ3v) is 6.08. The second kappa shape index (κ2) is 10.3. The van der Waals surface area contributed by atoms with Crippen LogP contribution >= 0.6 is 0 Å². The van der Waals surface area contributed by atoms with Crippen LogP contribution in [0.1, 0.15) is 52.0 Å². The van der Waals surface area contributed by atoms with Gasteiger partial charge in [0, 0.05) is 36.5 Å². The van der Waals surface area contributed by atoms with Crippen LogP contribution in [-0.4, -0.2) is 53.3 Å². The Morgan fingerprint density at radius 2 is 1.65 bits per heavy atom. The molecule has 0 spiro atoms. The summed E-state index contributed by atoms with van der Waals surface area (Å²) in [6.45, 7) is 0.319. The molecule has 2 N–H and O–H groups in total. The van der Waals surface area contributed by atoms with Crippen molar-refractivity contribution in [2.45, 2.75) is 38.1 Å². The highest BCUT2D eigenvalue weighted by Gasteiger charge is 2.34. The molecule has 1 aliphatic rings. The summed E-state index contributed by atoms with van der Waals surface area (Å²) >= 11 is 0. The van der Waals surface area contributed by atoms with E-state index in [1.807, 2.05) is 30.5 Å². The number of nitrogens with one attached hydrogen (secondary N) is 2. The molecule has 1 unspecified atom stereocenters. The standard InChI is InChI=1S/C26H27N3O5/c1-34-26(33)22(15-17-16-27-21-12-7-6-9-18(17)21)28-23(30)13-3-2-8-14-29-24(31)19-10-4-5-11-20(19)25(29)32/h4-7,9-12,16,22,27H,2-3,8,13-15H2,1H3,(H,28,30). The van der Waals surface area contributed by atoms with Crippen molar-refractivity contribution in [2.24, 2.45) is 0 Å². The molecule has 1 aromatic heterocycles. The fourth-order valence-corrected chi connectivity index (χ4v) is 4.30. The molecule has 3 aromatic rings. The highest BCUT2D eigenvalue weighted by Crippen LogP contribution is 2.23. The van der Waals surface area contributed by atoms with E-state index in [4.69, 9.17) is 4.74 Å². The maximum absolute atomic E-state index is 12.5. The molecule has 0 saturated carbocycles. The van der Waals surface area contributed by atoms with Gasteiger partial charge in [0.05, 0.1) is 18.2 Å². The number of para-hydroxylation sites is 1. The maximum Gasteiger partial charge on any atom is 0.328 e. The molecule has 8 nitrogen and oxygen atoms in total. The third kappa shape index (κ3) is 4.85. The van der Waals surface area contributed by atoms with Crippen LogP contribution in [0.25, 0.3) is 10.9 Å². The first kappa shape index (κ1) is 23.2. The van der Waals surface area contributed by atoms with Crippen LogP contribution in [0.4, 0.5) is 0 Å². The molecule has 0 radical (unpaired) electrons. The molecule has 0 fully saturated rings. The van der Waals surface area contributed by atoms with Gasteiger partial charge in [-0.3, -0.25) is 19.3 Å². The van der Waals surface area contributed by atoms with Gasteiger partial charge in [0.25, 0.3) is 11.8 Å². The zero-order valence-corrected chi connectivity index (χ0v) is 19.0. The number of hydrogen-bond donors (Lipinski definition) is 2. The Bertz CT molecular complexity index is 1200. The molecule has 4 rings (SSSR count). The Morgan fingerprint density at radius 3 is 2.35 bits per heavy atom. The average molecular weight is 462 g/mol. The van der Waals surface area contributed by atoms with Gasteiger partial charge in [0.2, 0.25) is 5.91 Å². The van der Waals surface area contributed by atoms with Gasteiger partial charge < -0.3 is 15.0 Å². The van der Waals surface area contributed by atoms with E-state index in [2.05, 4.69) is 10.3 Å². The summed E-state index contributed by atoms with van der Waals surface area (Å²) in [6, 6.07) is 13.8. The number of benzene rings is 2. The number of unbranched alkanes of at least 4 members (excludes halogenated alkanes) is 2. The predicted octanol–water partition coefficient (Wildman–Crippen LogP) is 3.22. The van der Waals surface area contributed by atoms with E-state index in [0.29, 0.717) is 43.4 Å². The molecule has 0 aliphatic carbocycles. The van der Waals surface area contributed by atoms with E-state index >= 15 is 0 Å². The van der Waals surface area contributed by atoms with Gasteiger partial charge in [-0.15, -0.1) is 0 Å². The number of esters is 1. The summed E-state index contributed by atoms with van der Waals surface area (Å²) in [7, 11) is 1.30. The summed E-state index contributed by atoms with van der Waals surface area (Å²) in [6.07, 6.45) is 4.26. The maximum atomic E-state index is 12.5. The SMILES string of the molecule is COC(=O)C(Cc1c[nH]c2ccccc12)NC(=O)CCCCCN1C(=O)c2ccccc2C1=O. The van der Waals surface area contributed by atoms with Crippen molar-refractivity contribution < 1.29 is 23.9 Å². The number of carbonyl (C=O) groups is 4. The second-order valence-electron chi connectivity index (χ2n) is 8.33. The number of hydrogen-bond acceptors (Lipinski definition) is 5. The van der Waals surface area contributed by atoms with E-state index in [0.717, 1.165) is 16.5 Å². The van der Waals surface area contributed by atoms with Crippen LogP contribution in [0, 0.1) is 0 Å². The molecule has 2 aromatic carbocycles. The topological polar surface area (TPSA) is 109 Å². The van der Waals surface area contributed by atoms with E-state index in [9.17, 15) is 19.2 Å². The van der Waals surface area contributed by atoms with Crippen LogP contribution < -0.4 is 5.32 Å². The van der Waals surface area contributed by atoms with Crippen LogP contribution in [0.15, 0.2) is 54.7 Å². The van der Waals surface area contributed by atoms with E-state index in [-0.39, 0.29) is 24.1 Å². The molecule has 0 saturated heterocycles. The summed E-state index contributed by atoms with van der Waals surface area (Å²) < 4.78 is 4.89. The van der Waals surface area contributed by atoms with Crippen molar-refractivity contribution in [3.63, 3.8) is 0 Å². The molecule has 1 atom stereocenters. The Kier molecular flexibility index (Phi) is 7.06. The molecule has 2 heterocycles. The molecular formula is C26H27N3O5. The van der Waals surface area contributed by atoms with Crippen LogP contribution in [0.5, 0.6) is 0 Å². The minimum atomic E-state index is -0.782. The number of H-pyrrole nitrogens is 1. The number of nitrogens with zero attached hydrogens (tertiary/aromatic N) is 1. The monoisotopic (exact) mass is 461 g/mol. The lowest BCUT2D eigenvalue weighted by molar-refractivity contribution is -0.145. The first-order chi connectivity index (χ1) is 16.5. The van der Waals surface area contributed by atoms with Crippen molar-refractivity contribution >= 4 is 34.6 Å². The van der Waals surface area contributed by atoms with E-state index in [1.54, 1.807) is 24.3 Å². The lowest BCUT2D eigenvalue weighted by atomic mass is 10.0. The second-order valence-corrected chi connectivity index (χ2v) is 8.33. The number of carbonyl (C=O) groups excluding carboxylic acids is 4. The van der Waals surface area contributed by atoms with E-state index in [1.165, 1.54) is 12.0 Å². The zero-order chi connectivity index (χ0) is 24.1. The zero-order valence-electron chi connectivity index (χ0n) is 19.0. The van der Waals surface area contributed by atoms with E-state index < -0.39 is 12.0 Å². The number of amides is 3. The molecule has 0 bridgehead atoms. The van der Waals surface area contributed by atoms with Gasteiger partial charge in [-0.05, 0) is 36.6 Å². The van der Waals surface area contributed by atoms with Gasteiger partial charge >= 0.3 is 5.97 Å². The summed E-state index contributed by atoms with van der Waals surface area (Å²) in [5, 5.41) is 3.78. The third-order valence-electron chi connectivity index (χ3n) is 6.08. The average Bonchev–Trinajstić information content (AvgIpc) is 3.37. The lowest BCUT2D eigenvalue weighted by Gasteiger charge is -2.16. The molecule has 3 amide bonds. The van der Waals surface area contributed by atoms with Gasteiger partial charge in [-0.2, -0.15) is 0 Å². The number of methoxy groups -OCH3 is 1. The van der Waals surface area contributed by atoms with Crippen LogP contribution in [-0.2, 0) is 20.7 Å². The number of imide groups is 1. The lowest BCUT2D eigenvalue weighted by Crippen LogP contribution is -2.43. The Labute approximate surface area is 197 Å². The van der Waals surface area contributed by atoms with Gasteiger partial charge in [-0.25, -0.2) is 4.79 Å². The van der Waals surface area contributed by atoms with Crippen molar-refractivity contribution in [2.75, 3.05) is 13.7 Å². The summed E-state index contributed by atoms with van der Waals surface area (Å²) in [4.78, 5) is 54.0. The summed E-state index contributed by atoms with van der Waals surface area (Å²) in [5.74, 6) is -1.27. The molecule has 8 heteroatoms. The number of fused-ring (bicyclic) bond motifs is 2. The largest absolute Gasteiger partial charge is 0.467 e. The Morgan fingerprint density at radius 1 is 0.971 bits per heavy atom. The van der Waals surface area contributed by atoms with Crippen LogP contribution in [0.2, 0.25) is 0 Å². The van der Waals surface area contributed by atoms with Crippen molar-refractivity contribution in [1.82, 2.24) is 15.2 Å². The predicted molar refractivity (Wildman–Crippen MR) is 126 cm³/mol. The first-order valence-electron chi connectivity index (χ1n) is 11.4. The first-order valence-corrected chi connectivity index (χ1v) is 11.4. The smallest absolute Gasteiger partial charge is 0.328 e. The van der Waals surface area contributed by atoms with Crippen molar-refractivity contribution in [3.8, 4) is 0 Å². The van der Waals surface area contributed by atoms with Crippen LogP contribution in [0.3, 0.4) is 0 Å². The molecule has 1 aliphatic heterocycles. The highest BCUT2D eigenvalue weighted by molar-refractivity contribution is 6.21. The molecule has 34 heavy (non-hydrogen) atoms. The molecule has 176 valence electrons. The molecular weight excluding hydrogens is 434 g/mol. The fourth-order valence-electron chi connectivity index (χ4n) is 4.30. The summed E-state index contributed by atoms with van der Waals surface area (Å²) in [5.41, 5.74) is 2.77. The number of ether oxygens (including phenoxy) is 1. The number of rotatable bonds is 10. The number of aromatic amines is 1. The van der Waals surface area contributed by atoms with Crippen molar-refractivity contribution in [1.29, 1.82) is 0 Å². The van der Waals surface area contributed by atoms with Gasteiger partial charge in [0.1, 0.15) is 6.04 Å². The number of aromatic nitrogens is 1. The van der Waals surface area contributed by atoms with Gasteiger partial charge in [-0.1, -0.05) is 36.8 Å². The fraction of sp³-hybridized carbons (Fsp3) is 0.308. The Balaban J connectivity index is 1.24. The minimum Gasteiger partial charge on any atom is -0.467 e. The minimum absolute atomic E-state index is 0.240. The highest BCUT2D eigenvalue weighted by atomic mass is 16.5.